The van der Waals surface area contributed by atoms with Crippen molar-refractivity contribution in [2.75, 3.05) is 0 Å². The van der Waals surface area contributed by atoms with Crippen molar-refractivity contribution in [3.05, 3.63) is 0 Å². The van der Waals surface area contributed by atoms with Crippen LogP contribution >= 0.6 is 0 Å². The molecule has 0 saturated heterocycles. The molecule has 4 rings (SSSR count). The minimum atomic E-state index is -0.236. The number of aldehydes is 1. The third kappa shape index (κ3) is 3.03. The topological polar surface area (TPSA) is 57.5 Å². The average molecular weight is 377 g/mol. The van der Waals surface area contributed by atoms with Crippen LogP contribution in [0.25, 0.3) is 0 Å². The minimum Gasteiger partial charge on any atom is -0.393 e. The maximum Gasteiger partial charge on any atom is 0.120 e. The summed E-state index contributed by atoms with van der Waals surface area (Å²) in [6, 6.07) is 0. The molecule has 0 bridgehead atoms. The van der Waals surface area contributed by atoms with Crippen molar-refractivity contribution in [2.24, 2.45) is 46.3 Å². The van der Waals surface area contributed by atoms with Crippen LogP contribution in [0, 0.1) is 46.3 Å². The molecule has 27 heavy (non-hydrogen) atoms. The first-order valence-electron chi connectivity index (χ1n) is 11.6. The van der Waals surface area contributed by atoms with Gasteiger partial charge in [0.05, 0.1) is 12.2 Å². The predicted molar refractivity (Wildman–Crippen MR) is 107 cm³/mol. The summed E-state index contributed by atoms with van der Waals surface area (Å²) in [5.41, 5.74) is 0.602. The van der Waals surface area contributed by atoms with Crippen LogP contribution in [0.1, 0.15) is 85.0 Å². The molecule has 10 atom stereocenters. The summed E-state index contributed by atoms with van der Waals surface area (Å²) >= 11 is 0. The minimum absolute atomic E-state index is 0.210. The van der Waals surface area contributed by atoms with Gasteiger partial charge < -0.3 is 15.0 Å². The second-order valence-electron chi connectivity index (χ2n) is 11.2. The lowest BCUT2D eigenvalue weighted by Crippen LogP contribution is -2.58. The van der Waals surface area contributed by atoms with Gasteiger partial charge in [0.15, 0.2) is 0 Å². The lowest BCUT2D eigenvalue weighted by atomic mass is 9.44. The molecule has 0 radical (unpaired) electrons. The normalized spacial score (nSPS) is 53.1. The Bertz CT molecular complexity index is 562. The Morgan fingerprint density at radius 1 is 0.963 bits per heavy atom. The number of carbonyl (C=O) groups is 1. The molecule has 3 nitrogen and oxygen atoms in total. The van der Waals surface area contributed by atoms with E-state index in [-0.39, 0.29) is 23.5 Å². The predicted octanol–water partition coefficient (Wildman–Crippen LogP) is 4.59. The summed E-state index contributed by atoms with van der Waals surface area (Å²) in [4.78, 5) is 10.9. The highest BCUT2D eigenvalue weighted by Crippen LogP contribution is 2.68. The van der Waals surface area contributed by atoms with Crippen LogP contribution < -0.4 is 0 Å². The molecule has 0 spiro atoms. The summed E-state index contributed by atoms with van der Waals surface area (Å²) in [5.74, 6) is 3.76. The highest BCUT2D eigenvalue weighted by Gasteiger charge is 2.62. The SMILES string of the molecule is C[C@H](CCC=O)[C@H]1CC[C@H]2[C@@H]3C[C@H](O)[C@H]4C[C@@H](O)CC[C@]4(C)[C@H]3CC[C@]12C. The molecule has 2 N–H and O–H groups in total. The molecule has 0 unspecified atom stereocenters. The molecule has 0 aromatic rings. The largest absolute Gasteiger partial charge is 0.393 e. The number of hydrogen-bond acceptors (Lipinski definition) is 3. The molecule has 4 saturated carbocycles. The van der Waals surface area contributed by atoms with Crippen molar-refractivity contribution >= 4 is 6.29 Å². The van der Waals surface area contributed by atoms with Crippen LogP contribution in [0.5, 0.6) is 0 Å². The second kappa shape index (κ2) is 7.13. The first-order valence-corrected chi connectivity index (χ1v) is 11.6. The Labute approximate surface area is 165 Å². The van der Waals surface area contributed by atoms with Crippen LogP contribution in [-0.4, -0.2) is 28.7 Å². The third-order valence-corrected chi connectivity index (χ3v) is 10.2. The highest BCUT2D eigenvalue weighted by molar-refractivity contribution is 5.49. The van der Waals surface area contributed by atoms with E-state index < -0.39 is 0 Å². The molecule has 0 aliphatic heterocycles. The monoisotopic (exact) mass is 376 g/mol. The number of aliphatic hydroxyl groups excluding tert-OH is 2. The average Bonchev–Trinajstić information content (AvgIpc) is 2.99. The Morgan fingerprint density at radius 3 is 2.41 bits per heavy atom. The summed E-state index contributed by atoms with van der Waals surface area (Å²) in [6.45, 7) is 7.34. The van der Waals surface area contributed by atoms with E-state index in [4.69, 9.17) is 0 Å². The summed E-state index contributed by atoms with van der Waals surface area (Å²) < 4.78 is 0. The van der Waals surface area contributed by atoms with Gasteiger partial charge in [-0.15, -0.1) is 0 Å². The van der Waals surface area contributed by atoms with E-state index in [9.17, 15) is 15.0 Å². The van der Waals surface area contributed by atoms with Crippen LogP contribution in [-0.2, 0) is 4.79 Å². The summed E-state index contributed by atoms with van der Waals surface area (Å²) in [7, 11) is 0. The standard InChI is InChI=1S/C24H40O3/c1-15(5-4-12-25)18-6-7-19-17-14-22(27)21-13-16(26)8-10-24(21,3)20(17)9-11-23(18,19)2/h12,15-22,26-27H,4-11,13-14H2,1-3H3/t15-,16+,17+,18-,19+,20+,21-,22+,23-,24-/m1/s1. The summed E-state index contributed by atoms with van der Waals surface area (Å²) in [5, 5.41) is 21.3. The van der Waals surface area contributed by atoms with Gasteiger partial charge in [0.2, 0.25) is 0 Å². The van der Waals surface area contributed by atoms with Gasteiger partial charge in [0.25, 0.3) is 0 Å². The van der Waals surface area contributed by atoms with E-state index in [1.807, 2.05) is 0 Å². The van der Waals surface area contributed by atoms with Gasteiger partial charge in [0.1, 0.15) is 6.29 Å². The molecule has 4 aliphatic carbocycles. The molecule has 154 valence electrons. The molecule has 4 aliphatic rings. The maximum atomic E-state index is 11.1. The van der Waals surface area contributed by atoms with Crippen molar-refractivity contribution in [3.8, 4) is 0 Å². The summed E-state index contributed by atoms with van der Waals surface area (Å²) in [6.07, 6.45) is 11.3. The fourth-order valence-electron chi connectivity index (χ4n) is 8.79. The molecule has 0 heterocycles. The molecule has 0 aromatic carbocycles. The van der Waals surface area contributed by atoms with Crippen molar-refractivity contribution in [1.82, 2.24) is 0 Å². The van der Waals surface area contributed by atoms with Gasteiger partial charge in [0, 0.05) is 6.42 Å². The van der Waals surface area contributed by atoms with E-state index in [2.05, 4.69) is 20.8 Å². The molecular formula is C24H40O3. The van der Waals surface area contributed by atoms with E-state index in [1.165, 1.54) is 25.7 Å². The van der Waals surface area contributed by atoms with E-state index in [0.29, 0.717) is 23.7 Å². The first-order chi connectivity index (χ1) is 12.8. The smallest absolute Gasteiger partial charge is 0.120 e. The van der Waals surface area contributed by atoms with Crippen molar-refractivity contribution < 1.29 is 15.0 Å². The van der Waals surface area contributed by atoms with Gasteiger partial charge in [-0.1, -0.05) is 20.8 Å². The van der Waals surface area contributed by atoms with Gasteiger partial charge in [-0.3, -0.25) is 0 Å². The van der Waals surface area contributed by atoms with Gasteiger partial charge in [-0.25, -0.2) is 0 Å². The lowest BCUT2D eigenvalue weighted by Gasteiger charge is -2.62. The number of aliphatic hydroxyl groups is 2. The van der Waals surface area contributed by atoms with Crippen molar-refractivity contribution in [2.45, 2.75) is 97.2 Å². The van der Waals surface area contributed by atoms with Gasteiger partial charge in [-0.05, 0) is 104 Å². The highest BCUT2D eigenvalue weighted by atomic mass is 16.3. The molecule has 4 fully saturated rings. The quantitative estimate of drug-likeness (QED) is 0.706. The van der Waals surface area contributed by atoms with E-state index >= 15 is 0 Å². The van der Waals surface area contributed by atoms with E-state index in [1.54, 1.807) is 0 Å². The van der Waals surface area contributed by atoms with Crippen LogP contribution in [0.4, 0.5) is 0 Å². The molecule has 3 heteroatoms. The molecule has 0 amide bonds. The number of carbonyl (C=O) groups excluding carboxylic acids is 1. The zero-order valence-electron chi connectivity index (χ0n) is 17.6. The fourth-order valence-corrected chi connectivity index (χ4v) is 8.79. The molecule has 0 aromatic heterocycles. The van der Waals surface area contributed by atoms with Gasteiger partial charge in [-0.2, -0.15) is 0 Å². The number of fused-ring (bicyclic) bond motifs is 5. The fraction of sp³-hybridized carbons (Fsp3) is 0.958. The van der Waals surface area contributed by atoms with E-state index in [0.717, 1.165) is 56.1 Å². The Hall–Kier alpha value is -0.410. The van der Waals surface area contributed by atoms with Gasteiger partial charge >= 0.3 is 0 Å². The Balaban J connectivity index is 1.57. The van der Waals surface area contributed by atoms with Crippen LogP contribution in [0.15, 0.2) is 0 Å². The zero-order valence-corrected chi connectivity index (χ0v) is 17.6. The molecular weight excluding hydrogens is 336 g/mol. The van der Waals surface area contributed by atoms with Crippen LogP contribution in [0.3, 0.4) is 0 Å². The lowest BCUT2D eigenvalue weighted by molar-refractivity contribution is -0.172. The Kier molecular flexibility index (Phi) is 5.25. The second-order valence-corrected chi connectivity index (χ2v) is 11.2. The van der Waals surface area contributed by atoms with Crippen molar-refractivity contribution in [3.63, 3.8) is 0 Å². The Morgan fingerprint density at radius 2 is 1.67 bits per heavy atom. The first kappa shape index (κ1) is 19.9. The maximum absolute atomic E-state index is 11.1. The number of hydrogen-bond donors (Lipinski definition) is 2. The van der Waals surface area contributed by atoms with Crippen molar-refractivity contribution in [1.29, 1.82) is 0 Å². The van der Waals surface area contributed by atoms with Crippen LogP contribution in [0.2, 0.25) is 0 Å². The zero-order chi connectivity index (χ0) is 19.4. The number of rotatable bonds is 4. The third-order valence-electron chi connectivity index (χ3n) is 10.2.